The molecule has 2 atom stereocenters. The van der Waals surface area contributed by atoms with Crippen LogP contribution in [0.2, 0.25) is 0 Å². The molecule has 2 fully saturated rings. The largest absolute Gasteiger partial charge is 0.418 e. The van der Waals surface area contributed by atoms with Gasteiger partial charge in [0.1, 0.15) is 12.2 Å². The number of aromatic nitrogens is 5. The Labute approximate surface area is 226 Å². The van der Waals surface area contributed by atoms with Gasteiger partial charge in [0, 0.05) is 41.1 Å². The summed E-state index contributed by atoms with van der Waals surface area (Å²) in [5, 5.41) is 8.29. The molecule has 11 heteroatoms. The summed E-state index contributed by atoms with van der Waals surface area (Å²) in [7, 11) is 1.84. The van der Waals surface area contributed by atoms with Gasteiger partial charge in [-0.3, -0.25) is 13.9 Å². The Bertz CT molecular complexity index is 1640. The first kappa shape index (κ1) is 23.4. The lowest BCUT2D eigenvalue weighted by molar-refractivity contribution is -0.136. The Morgan fingerprint density at radius 3 is 2.72 bits per heavy atom. The third-order valence-corrected chi connectivity index (χ3v) is 7.68. The molecule has 3 aromatic heterocycles. The molecule has 2 saturated heterocycles. The highest BCUT2D eigenvalue weighted by Crippen LogP contribution is 2.36. The molecular formula is C28H31F3N6O2. The molecule has 206 valence electrons. The second-order valence-corrected chi connectivity index (χ2v) is 10.7. The smallest absolute Gasteiger partial charge is 0.381 e. The van der Waals surface area contributed by atoms with Crippen LogP contribution in [0.15, 0.2) is 53.8 Å². The number of benzene rings is 1. The lowest BCUT2D eigenvalue weighted by Gasteiger charge is -2.33. The fraction of sp³-hybridized carbons (Fsp3) is 0.464. The number of nitrogens with zero attached hydrogens (tertiary/aromatic N) is 6. The van der Waals surface area contributed by atoms with Gasteiger partial charge in [-0.1, -0.05) is 19.1 Å². The maximum atomic E-state index is 14.3. The number of rotatable bonds is 6. The number of hydrogen-bond donors (Lipinski definition) is 0. The molecule has 2 aliphatic heterocycles. The second-order valence-electron chi connectivity index (χ2n) is 10.7. The first-order chi connectivity index (χ1) is 19.4. The van der Waals surface area contributed by atoms with E-state index in [1.165, 1.54) is 17.0 Å². The third kappa shape index (κ3) is 4.89. The maximum absolute atomic E-state index is 14.3. The monoisotopic (exact) mass is 542 g/mol. The number of ether oxygens (including phenoxy) is 1. The van der Waals surface area contributed by atoms with Crippen LogP contribution in [-0.2, 0) is 24.5 Å². The van der Waals surface area contributed by atoms with Crippen LogP contribution in [0.3, 0.4) is 0 Å². The van der Waals surface area contributed by atoms with Crippen LogP contribution in [-0.4, -0.2) is 54.9 Å². The Morgan fingerprint density at radius 1 is 1.23 bits per heavy atom. The van der Waals surface area contributed by atoms with Gasteiger partial charge in [0.2, 0.25) is 0 Å². The van der Waals surface area contributed by atoms with E-state index >= 15 is 0 Å². The molecule has 39 heavy (non-hydrogen) atoms. The van der Waals surface area contributed by atoms with Crippen molar-refractivity contribution >= 4 is 5.52 Å². The van der Waals surface area contributed by atoms with Crippen molar-refractivity contribution in [3.8, 4) is 5.69 Å². The Hall–Kier alpha value is -3.44. The molecule has 0 bridgehead atoms. The molecule has 4 aromatic rings. The SMILES string of the molecule is [2H]C([2H])(c1cc(C(F)(F)F)c2cn(-c3cccc([C@@H](c4nncn4C)C4COC4)c3)c(=O)n2c1)N1CCC[C@H](C)C1. The Kier molecular flexibility index (Phi) is 5.98. The van der Waals surface area contributed by atoms with Crippen LogP contribution < -0.4 is 5.69 Å². The lowest BCUT2D eigenvalue weighted by Crippen LogP contribution is -2.35. The molecule has 6 rings (SSSR count). The van der Waals surface area contributed by atoms with Gasteiger partial charge in [0.15, 0.2) is 0 Å². The van der Waals surface area contributed by atoms with Crippen molar-refractivity contribution in [1.29, 1.82) is 0 Å². The van der Waals surface area contributed by atoms with Gasteiger partial charge in [-0.05, 0) is 54.6 Å². The molecule has 0 unspecified atom stereocenters. The quantitative estimate of drug-likeness (QED) is 0.365. The van der Waals surface area contributed by atoms with E-state index in [0.29, 0.717) is 32.0 Å². The zero-order valence-electron chi connectivity index (χ0n) is 23.7. The average Bonchev–Trinajstić information content (AvgIpc) is 3.47. The average molecular weight is 543 g/mol. The summed E-state index contributed by atoms with van der Waals surface area (Å²) < 4.78 is 69.9. The number of aryl methyl sites for hydroxylation is 1. The molecule has 8 nitrogen and oxygen atoms in total. The minimum Gasteiger partial charge on any atom is -0.381 e. The molecule has 0 spiro atoms. The molecule has 2 aliphatic rings. The van der Waals surface area contributed by atoms with E-state index in [1.54, 1.807) is 29.4 Å². The summed E-state index contributed by atoms with van der Waals surface area (Å²) in [6, 6.07) is 7.94. The highest BCUT2D eigenvalue weighted by Gasteiger charge is 2.36. The standard InChI is InChI=1S/C28H31F3N6O2/c1-18-5-4-8-35(11-18)12-19-9-23(28(29,30)31)24-14-36(27(38)37(24)13-19)22-7-3-6-20(10-22)25(21-15-39-16-21)26-33-32-17-34(26)2/h3,6-7,9-10,13-14,17-18,21,25H,4-5,8,11-12,15-16H2,1-2H3/t18-,25+/m0/s1/i12D2. The number of imidazole rings is 1. The number of alkyl halides is 3. The first-order valence-corrected chi connectivity index (χ1v) is 13.1. The maximum Gasteiger partial charge on any atom is 0.418 e. The number of fused-ring (bicyclic) bond motifs is 1. The van der Waals surface area contributed by atoms with Gasteiger partial charge in [-0.15, -0.1) is 10.2 Å². The minimum atomic E-state index is -4.80. The minimum absolute atomic E-state index is 0.136. The van der Waals surface area contributed by atoms with E-state index in [4.69, 9.17) is 7.48 Å². The molecule has 0 amide bonds. The molecular weight excluding hydrogens is 509 g/mol. The van der Waals surface area contributed by atoms with Crippen molar-refractivity contribution in [3.05, 3.63) is 82.1 Å². The van der Waals surface area contributed by atoms with E-state index in [1.807, 2.05) is 24.6 Å². The lowest BCUT2D eigenvalue weighted by atomic mass is 9.84. The number of piperidine rings is 1. The van der Waals surface area contributed by atoms with Gasteiger partial charge in [0.25, 0.3) is 0 Å². The summed E-state index contributed by atoms with van der Waals surface area (Å²) in [4.78, 5) is 15.2. The predicted octanol–water partition coefficient (Wildman–Crippen LogP) is 4.25. The van der Waals surface area contributed by atoms with E-state index in [9.17, 15) is 18.0 Å². The number of hydrogen-bond acceptors (Lipinski definition) is 5. The van der Waals surface area contributed by atoms with Crippen LogP contribution >= 0.6 is 0 Å². The van der Waals surface area contributed by atoms with Crippen LogP contribution in [0.4, 0.5) is 13.2 Å². The van der Waals surface area contributed by atoms with Crippen molar-refractivity contribution in [3.63, 3.8) is 0 Å². The third-order valence-electron chi connectivity index (χ3n) is 7.68. The van der Waals surface area contributed by atoms with E-state index in [0.717, 1.165) is 34.7 Å². The molecule has 0 radical (unpaired) electrons. The summed E-state index contributed by atoms with van der Waals surface area (Å²) >= 11 is 0. The fourth-order valence-corrected chi connectivity index (χ4v) is 5.66. The molecule has 5 heterocycles. The number of pyridine rings is 1. The van der Waals surface area contributed by atoms with Crippen molar-refractivity contribution in [1.82, 2.24) is 28.6 Å². The van der Waals surface area contributed by atoms with Gasteiger partial charge in [-0.2, -0.15) is 13.2 Å². The van der Waals surface area contributed by atoms with Crippen LogP contribution in [0.25, 0.3) is 11.2 Å². The van der Waals surface area contributed by atoms with Gasteiger partial charge >= 0.3 is 11.9 Å². The molecule has 0 aliphatic carbocycles. The second kappa shape index (κ2) is 9.95. The van der Waals surface area contributed by atoms with Crippen molar-refractivity contribution in [2.45, 2.75) is 38.4 Å². The summed E-state index contributed by atoms with van der Waals surface area (Å²) in [6.07, 6.45) is 0.886. The van der Waals surface area contributed by atoms with Crippen molar-refractivity contribution in [2.75, 3.05) is 26.3 Å². The van der Waals surface area contributed by atoms with Crippen molar-refractivity contribution in [2.24, 2.45) is 18.9 Å². The van der Waals surface area contributed by atoms with Gasteiger partial charge in [0.05, 0.1) is 35.9 Å². The van der Waals surface area contributed by atoms with E-state index in [2.05, 4.69) is 10.2 Å². The zero-order valence-corrected chi connectivity index (χ0v) is 21.7. The van der Waals surface area contributed by atoms with E-state index < -0.39 is 23.9 Å². The van der Waals surface area contributed by atoms with Crippen LogP contribution in [0.1, 0.15) is 50.9 Å². The summed E-state index contributed by atoms with van der Waals surface area (Å²) in [6.45, 7) is 1.74. The summed E-state index contributed by atoms with van der Waals surface area (Å²) in [5.41, 5.74) is -1.08. The highest BCUT2D eigenvalue weighted by molar-refractivity contribution is 5.58. The van der Waals surface area contributed by atoms with Crippen LogP contribution in [0, 0.1) is 11.8 Å². The predicted molar refractivity (Wildman–Crippen MR) is 139 cm³/mol. The highest BCUT2D eigenvalue weighted by atomic mass is 19.4. The van der Waals surface area contributed by atoms with Crippen molar-refractivity contribution < 1.29 is 20.6 Å². The molecule has 0 N–H and O–H groups in total. The molecule has 0 saturated carbocycles. The van der Waals surface area contributed by atoms with Crippen LogP contribution in [0.5, 0.6) is 0 Å². The number of likely N-dealkylation sites (tertiary alicyclic amines) is 1. The van der Waals surface area contributed by atoms with Gasteiger partial charge < -0.3 is 9.30 Å². The normalized spacial score (nSPS) is 21.0. The Balaban J connectivity index is 1.47. The topological polar surface area (TPSA) is 69.6 Å². The van der Waals surface area contributed by atoms with Gasteiger partial charge in [-0.25, -0.2) is 4.79 Å². The summed E-state index contributed by atoms with van der Waals surface area (Å²) in [5.74, 6) is 0.901. The Morgan fingerprint density at radius 2 is 2.05 bits per heavy atom. The fourth-order valence-electron chi connectivity index (χ4n) is 5.66. The zero-order chi connectivity index (χ0) is 29.1. The van der Waals surface area contributed by atoms with E-state index in [-0.39, 0.29) is 28.8 Å². The number of halogens is 3. The molecule has 1 aromatic carbocycles. The first-order valence-electron chi connectivity index (χ1n) is 14.1.